The number of methoxy groups -OCH3 is 1. The van der Waals surface area contributed by atoms with Crippen molar-refractivity contribution in [3.05, 3.63) is 18.0 Å². The number of Topliss-reactive ketones (excluding diaryl/α,β-unsaturated/α-hetero) is 1. The Morgan fingerprint density at radius 1 is 1.44 bits per heavy atom. The van der Waals surface area contributed by atoms with Gasteiger partial charge in [0.25, 0.3) is 0 Å². The Morgan fingerprint density at radius 3 is 2.44 bits per heavy atom. The van der Waals surface area contributed by atoms with E-state index in [-0.39, 0.29) is 11.7 Å². The number of carbonyl (C=O) groups excluding carboxylic acids is 2. The van der Waals surface area contributed by atoms with Crippen molar-refractivity contribution in [2.45, 2.75) is 13.8 Å². The molecule has 0 amide bonds. The molecule has 1 aromatic heterocycles. The van der Waals surface area contributed by atoms with Gasteiger partial charge in [-0.15, -0.1) is 0 Å². The molecule has 1 aromatic rings. The number of ketones is 1. The molecule has 0 saturated heterocycles. The maximum absolute atomic E-state index is 12.0. The first-order valence-electron chi connectivity index (χ1n) is 5.08. The van der Waals surface area contributed by atoms with Gasteiger partial charge in [-0.3, -0.25) is 14.3 Å². The fourth-order valence-electron chi connectivity index (χ4n) is 1.54. The molecular formula is C11H16N2O3. The zero-order valence-electron chi connectivity index (χ0n) is 9.93. The van der Waals surface area contributed by atoms with Gasteiger partial charge in [0.2, 0.25) is 0 Å². The van der Waals surface area contributed by atoms with E-state index in [0.717, 1.165) is 0 Å². The lowest BCUT2D eigenvalue weighted by atomic mass is 9.89. The predicted octanol–water partition coefficient (Wildman–Crippen LogP) is 1.05. The zero-order chi connectivity index (χ0) is 12.3. The average Bonchev–Trinajstić information content (AvgIpc) is 2.64. The van der Waals surface area contributed by atoms with E-state index in [0.29, 0.717) is 5.56 Å². The van der Waals surface area contributed by atoms with E-state index in [9.17, 15) is 9.59 Å². The van der Waals surface area contributed by atoms with Crippen molar-refractivity contribution in [3.8, 4) is 0 Å². The number of hydrogen-bond donors (Lipinski definition) is 0. The summed E-state index contributed by atoms with van der Waals surface area (Å²) in [5, 5.41) is 3.91. The van der Waals surface area contributed by atoms with Crippen LogP contribution in [-0.2, 0) is 16.6 Å². The van der Waals surface area contributed by atoms with Crippen LogP contribution < -0.4 is 0 Å². The molecule has 0 fully saturated rings. The number of aromatic nitrogens is 2. The highest BCUT2D eigenvalue weighted by molar-refractivity contribution is 6.08. The van der Waals surface area contributed by atoms with E-state index in [4.69, 9.17) is 0 Å². The van der Waals surface area contributed by atoms with Crippen LogP contribution in [0.3, 0.4) is 0 Å². The summed E-state index contributed by atoms with van der Waals surface area (Å²) >= 11 is 0. The molecule has 0 N–H and O–H groups in total. The maximum atomic E-state index is 12.0. The lowest BCUT2D eigenvalue weighted by Gasteiger charge is -2.15. The number of ether oxygens (including phenoxy) is 1. The summed E-state index contributed by atoms with van der Waals surface area (Å²) in [7, 11) is 3.01. The minimum atomic E-state index is -0.755. The third-order valence-electron chi connectivity index (χ3n) is 2.39. The molecule has 0 radical (unpaired) electrons. The fourth-order valence-corrected chi connectivity index (χ4v) is 1.54. The smallest absolute Gasteiger partial charge is 0.316 e. The molecule has 1 atom stereocenters. The van der Waals surface area contributed by atoms with Crippen molar-refractivity contribution in [1.29, 1.82) is 0 Å². The van der Waals surface area contributed by atoms with E-state index >= 15 is 0 Å². The van der Waals surface area contributed by atoms with Crippen molar-refractivity contribution in [2.24, 2.45) is 18.9 Å². The second-order valence-electron chi connectivity index (χ2n) is 4.01. The van der Waals surface area contributed by atoms with Crippen LogP contribution in [0.25, 0.3) is 0 Å². The lowest BCUT2D eigenvalue weighted by Crippen LogP contribution is -2.29. The molecule has 0 aliphatic carbocycles. The summed E-state index contributed by atoms with van der Waals surface area (Å²) in [5.74, 6) is -1.59. The number of nitrogens with zero attached hydrogens (tertiary/aromatic N) is 2. The molecule has 5 nitrogen and oxygen atoms in total. The van der Waals surface area contributed by atoms with Gasteiger partial charge < -0.3 is 4.74 Å². The van der Waals surface area contributed by atoms with Gasteiger partial charge in [0.15, 0.2) is 5.78 Å². The van der Waals surface area contributed by atoms with Gasteiger partial charge in [0.1, 0.15) is 5.92 Å². The van der Waals surface area contributed by atoms with Crippen LogP contribution in [0.1, 0.15) is 24.2 Å². The van der Waals surface area contributed by atoms with Crippen LogP contribution >= 0.6 is 0 Å². The summed E-state index contributed by atoms with van der Waals surface area (Å²) in [6, 6.07) is 0. The minimum absolute atomic E-state index is 0.0971. The number of esters is 1. The molecular weight excluding hydrogens is 208 g/mol. The summed E-state index contributed by atoms with van der Waals surface area (Å²) in [4.78, 5) is 23.6. The Hall–Kier alpha value is -1.65. The van der Waals surface area contributed by atoms with Crippen LogP contribution in [-0.4, -0.2) is 28.6 Å². The molecule has 0 spiro atoms. The summed E-state index contributed by atoms with van der Waals surface area (Å²) in [5.41, 5.74) is 0.437. The Labute approximate surface area is 94.4 Å². The molecule has 1 unspecified atom stereocenters. The van der Waals surface area contributed by atoms with E-state index in [1.807, 2.05) is 13.8 Å². The van der Waals surface area contributed by atoms with Gasteiger partial charge in [0.05, 0.1) is 18.9 Å². The van der Waals surface area contributed by atoms with Gasteiger partial charge in [0, 0.05) is 13.2 Å². The van der Waals surface area contributed by atoms with Crippen LogP contribution in [0.15, 0.2) is 12.4 Å². The van der Waals surface area contributed by atoms with Crippen molar-refractivity contribution in [3.63, 3.8) is 0 Å². The highest BCUT2D eigenvalue weighted by Crippen LogP contribution is 2.18. The number of rotatable bonds is 4. The van der Waals surface area contributed by atoms with Gasteiger partial charge in [-0.25, -0.2) is 0 Å². The third kappa shape index (κ3) is 2.48. The highest BCUT2D eigenvalue weighted by atomic mass is 16.5. The van der Waals surface area contributed by atoms with Crippen molar-refractivity contribution >= 4 is 11.8 Å². The topological polar surface area (TPSA) is 61.2 Å². The molecule has 88 valence electrons. The van der Waals surface area contributed by atoms with Crippen LogP contribution in [0, 0.1) is 11.8 Å². The molecule has 0 bridgehead atoms. The van der Waals surface area contributed by atoms with E-state index in [1.165, 1.54) is 18.0 Å². The minimum Gasteiger partial charge on any atom is -0.468 e. The lowest BCUT2D eigenvalue weighted by molar-refractivity contribution is -0.144. The molecule has 16 heavy (non-hydrogen) atoms. The monoisotopic (exact) mass is 224 g/mol. The molecule has 0 aliphatic rings. The normalized spacial score (nSPS) is 12.6. The Balaban J connectivity index is 2.96. The molecule has 1 heterocycles. The number of aryl methyl sites for hydroxylation is 1. The second kappa shape index (κ2) is 4.92. The first-order chi connectivity index (χ1) is 7.47. The number of hydrogen-bond acceptors (Lipinski definition) is 4. The van der Waals surface area contributed by atoms with Gasteiger partial charge in [-0.1, -0.05) is 13.8 Å². The molecule has 1 rings (SSSR count). The number of carbonyl (C=O) groups is 2. The van der Waals surface area contributed by atoms with E-state index in [1.54, 1.807) is 13.2 Å². The Bertz CT molecular complexity index is 396. The zero-order valence-corrected chi connectivity index (χ0v) is 9.93. The van der Waals surface area contributed by atoms with Crippen LogP contribution in [0.5, 0.6) is 0 Å². The molecule has 5 heteroatoms. The van der Waals surface area contributed by atoms with Crippen molar-refractivity contribution in [2.75, 3.05) is 7.11 Å². The average molecular weight is 224 g/mol. The standard InChI is InChI=1S/C11H16N2O3/c1-7(2)9(11(15)16-4)10(14)8-5-12-13(3)6-8/h5-7,9H,1-4H3. The van der Waals surface area contributed by atoms with E-state index in [2.05, 4.69) is 9.84 Å². The Morgan fingerprint density at radius 2 is 2.06 bits per heavy atom. The predicted molar refractivity (Wildman–Crippen MR) is 57.9 cm³/mol. The summed E-state index contributed by atoms with van der Waals surface area (Å²) < 4.78 is 6.17. The van der Waals surface area contributed by atoms with Gasteiger partial charge >= 0.3 is 5.97 Å². The first-order valence-corrected chi connectivity index (χ1v) is 5.08. The van der Waals surface area contributed by atoms with Crippen molar-refractivity contribution in [1.82, 2.24) is 9.78 Å². The SMILES string of the molecule is COC(=O)C(C(=O)c1cnn(C)c1)C(C)C. The van der Waals surface area contributed by atoms with Gasteiger partial charge in [-0.05, 0) is 5.92 Å². The fraction of sp³-hybridized carbons (Fsp3) is 0.545. The second-order valence-corrected chi connectivity index (χ2v) is 4.01. The Kier molecular flexibility index (Phi) is 3.82. The van der Waals surface area contributed by atoms with Gasteiger partial charge in [-0.2, -0.15) is 5.10 Å². The summed E-state index contributed by atoms with van der Waals surface area (Å²) in [6.07, 6.45) is 3.06. The largest absolute Gasteiger partial charge is 0.468 e. The molecule has 0 aliphatic heterocycles. The maximum Gasteiger partial charge on any atom is 0.316 e. The third-order valence-corrected chi connectivity index (χ3v) is 2.39. The molecule has 0 saturated carbocycles. The van der Waals surface area contributed by atoms with E-state index < -0.39 is 11.9 Å². The first kappa shape index (κ1) is 12.4. The quantitative estimate of drug-likeness (QED) is 0.435. The molecule has 0 aromatic carbocycles. The van der Waals surface area contributed by atoms with Crippen LogP contribution in [0.4, 0.5) is 0 Å². The summed E-state index contributed by atoms with van der Waals surface area (Å²) in [6.45, 7) is 3.63. The highest BCUT2D eigenvalue weighted by Gasteiger charge is 2.32. The van der Waals surface area contributed by atoms with Crippen molar-refractivity contribution < 1.29 is 14.3 Å². The van der Waals surface area contributed by atoms with Crippen LogP contribution in [0.2, 0.25) is 0 Å².